The molecular weight excluding hydrogens is 124 g/mol. The van der Waals surface area contributed by atoms with Gasteiger partial charge in [0.15, 0.2) is 0 Å². The fraction of sp³-hybridized carbons (Fsp3) is 0.889. The molecule has 58 valence electrons. The fourth-order valence-corrected chi connectivity index (χ4v) is 1.63. The Morgan fingerprint density at radius 1 is 1.10 bits per heavy atom. The third kappa shape index (κ3) is 2.13. The van der Waals surface area contributed by atoms with Crippen molar-refractivity contribution in [2.24, 2.45) is 11.8 Å². The van der Waals surface area contributed by atoms with Gasteiger partial charge in [0.25, 0.3) is 0 Å². The minimum absolute atomic E-state index is 0.470. The lowest BCUT2D eigenvalue weighted by Gasteiger charge is -2.04. The molecule has 0 bridgehead atoms. The second-order valence-corrected chi connectivity index (χ2v) is 3.73. The first-order valence-electron chi connectivity index (χ1n) is 4.20. The molecule has 0 aromatic rings. The largest absolute Gasteiger partial charge is 0.300 e. The molecular formula is C9H16O. The molecule has 0 spiro atoms. The summed E-state index contributed by atoms with van der Waals surface area (Å²) in [6.45, 7) is 4.35. The normalized spacial score (nSPS) is 35.6. The molecule has 1 rings (SSSR count). The maximum atomic E-state index is 11.1. The standard InChI is InChI=1S/C9H16O/c1-7-3-4-8(2)6-9(10)5-7/h7-8H,3-6H2,1-2H3/t7-,8-/m0/s1. The number of hydrogen-bond acceptors (Lipinski definition) is 1. The Hall–Kier alpha value is -0.330. The summed E-state index contributed by atoms with van der Waals surface area (Å²) < 4.78 is 0. The highest BCUT2D eigenvalue weighted by Gasteiger charge is 2.17. The van der Waals surface area contributed by atoms with E-state index in [4.69, 9.17) is 0 Å². The first kappa shape index (κ1) is 7.77. The topological polar surface area (TPSA) is 17.1 Å². The molecule has 0 aromatic heterocycles. The fourth-order valence-electron chi connectivity index (χ4n) is 1.63. The molecule has 1 nitrogen and oxygen atoms in total. The average Bonchev–Trinajstić information content (AvgIpc) is 1.93. The summed E-state index contributed by atoms with van der Waals surface area (Å²) in [5.74, 6) is 1.74. The van der Waals surface area contributed by atoms with E-state index in [9.17, 15) is 4.79 Å². The van der Waals surface area contributed by atoms with Crippen molar-refractivity contribution in [3.63, 3.8) is 0 Å². The van der Waals surface area contributed by atoms with Gasteiger partial charge < -0.3 is 0 Å². The zero-order valence-corrected chi connectivity index (χ0v) is 6.89. The van der Waals surface area contributed by atoms with Crippen LogP contribution in [0.2, 0.25) is 0 Å². The van der Waals surface area contributed by atoms with Gasteiger partial charge in [0, 0.05) is 12.8 Å². The van der Waals surface area contributed by atoms with Gasteiger partial charge in [-0.25, -0.2) is 0 Å². The third-order valence-electron chi connectivity index (χ3n) is 2.30. The van der Waals surface area contributed by atoms with Crippen molar-refractivity contribution < 1.29 is 4.79 Å². The molecule has 10 heavy (non-hydrogen) atoms. The van der Waals surface area contributed by atoms with E-state index in [2.05, 4.69) is 13.8 Å². The van der Waals surface area contributed by atoms with Gasteiger partial charge >= 0.3 is 0 Å². The molecule has 1 aliphatic carbocycles. The van der Waals surface area contributed by atoms with E-state index >= 15 is 0 Å². The van der Waals surface area contributed by atoms with Crippen LogP contribution >= 0.6 is 0 Å². The van der Waals surface area contributed by atoms with Gasteiger partial charge in [0.05, 0.1) is 0 Å². The highest BCUT2D eigenvalue weighted by molar-refractivity contribution is 5.79. The van der Waals surface area contributed by atoms with Crippen LogP contribution in [0.5, 0.6) is 0 Å². The van der Waals surface area contributed by atoms with Gasteiger partial charge in [0.2, 0.25) is 0 Å². The summed E-state index contributed by atoms with van der Waals surface area (Å²) >= 11 is 0. The molecule has 1 fully saturated rings. The number of ketones is 1. The number of Topliss-reactive ketones (excluding diaryl/α,β-unsaturated/α-hetero) is 1. The van der Waals surface area contributed by atoms with Crippen molar-refractivity contribution in [2.75, 3.05) is 0 Å². The quantitative estimate of drug-likeness (QED) is 0.472. The SMILES string of the molecule is C[C@H]1CC[C@H](C)CC(=O)C1. The third-order valence-corrected chi connectivity index (χ3v) is 2.30. The van der Waals surface area contributed by atoms with E-state index in [1.165, 1.54) is 12.8 Å². The molecule has 0 saturated heterocycles. The van der Waals surface area contributed by atoms with Crippen LogP contribution < -0.4 is 0 Å². The van der Waals surface area contributed by atoms with Crippen LogP contribution in [0.1, 0.15) is 39.5 Å². The second kappa shape index (κ2) is 3.18. The minimum Gasteiger partial charge on any atom is -0.300 e. The zero-order chi connectivity index (χ0) is 7.56. The van der Waals surface area contributed by atoms with E-state index in [1.54, 1.807) is 0 Å². The molecule has 2 atom stereocenters. The molecule has 0 aromatic carbocycles. The van der Waals surface area contributed by atoms with Gasteiger partial charge in [-0.05, 0) is 11.8 Å². The number of rotatable bonds is 0. The van der Waals surface area contributed by atoms with Crippen LogP contribution in [0.25, 0.3) is 0 Å². The predicted molar refractivity (Wildman–Crippen MR) is 41.8 cm³/mol. The Morgan fingerprint density at radius 3 is 1.90 bits per heavy atom. The lowest BCUT2D eigenvalue weighted by molar-refractivity contribution is -0.120. The Balaban J connectivity index is 2.46. The average molecular weight is 140 g/mol. The van der Waals surface area contributed by atoms with Crippen molar-refractivity contribution in [3.8, 4) is 0 Å². The van der Waals surface area contributed by atoms with E-state index in [0.717, 1.165) is 12.8 Å². The van der Waals surface area contributed by atoms with E-state index in [1.807, 2.05) is 0 Å². The highest BCUT2D eigenvalue weighted by Crippen LogP contribution is 2.23. The van der Waals surface area contributed by atoms with Crippen LogP contribution in [0.4, 0.5) is 0 Å². The maximum Gasteiger partial charge on any atom is 0.133 e. The zero-order valence-electron chi connectivity index (χ0n) is 6.89. The van der Waals surface area contributed by atoms with Crippen LogP contribution in [0.3, 0.4) is 0 Å². The van der Waals surface area contributed by atoms with Gasteiger partial charge in [-0.1, -0.05) is 26.7 Å². The van der Waals surface area contributed by atoms with Crippen LogP contribution in [-0.2, 0) is 4.79 Å². The minimum atomic E-state index is 0.470. The molecule has 1 aliphatic rings. The van der Waals surface area contributed by atoms with Crippen LogP contribution in [-0.4, -0.2) is 5.78 Å². The number of hydrogen-bond donors (Lipinski definition) is 0. The van der Waals surface area contributed by atoms with Gasteiger partial charge in [-0.2, -0.15) is 0 Å². The lowest BCUT2D eigenvalue weighted by atomic mass is 10.0. The monoisotopic (exact) mass is 140 g/mol. The molecule has 0 N–H and O–H groups in total. The first-order valence-corrected chi connectivity index (χ1v) is 4.20. The number of carbonyl (C=O) groups is 1. The van der Waals surface area contributed by atoms with Gasteiger partial charge in [0.1, 0.15) is 5.78 Å². The molecule has 1 heteroatoms. The second-order valence-electron chi connectivity index (χ2n) is 3.73. The van der Waals surface area contributed by atoms with E-state index < -0.39 is 0 Å². The summed E-state index contributed by atoms with van der Waals surface area (Å²) in [6.07, 6.45) is 4.13. The molecule has 0 unspecified atom stereocenters. The maximum absolute atomic E-state index is 11.1. The van der Waals surface area contributed by atoms with E-state index in [-0.39, 0.29) is 0 Å². The smallest absolute Gasteiger partial charge is 0.133 e. The van der Waals surface area contributed by atoms with Crippen molar-refractivity contribution in [3.05, 3.63) is 0 Å². The Labute approximate surface area is 62.8 Å². The van der Waals surface area contributed by atoms with Crippen molar-refractivity contribution in [2.45, 2.75) is 39.5 Å². The van der Waals surface area contributed by atoms with Gasteiger partial charge in [-0.3, -0.25) is 4.79 Å². The Morgan fingerprint density at radius 2 is 1.50 bits per heavy atom. The Bertz CT molecular complexity index is 115. The predicted octanol–water partition coefficient (Wildman–Crippen LogP) is 2.40. The Kier molecular flexibility index (Phi) is 2.47. The first-order chi connectivity index (χ1) is 4.68. The molecule has 0 heterocycles. The van der Waals surface area contributed by atoms with Crippen LogP contribution in [0, 0.1) is 11.8 Å². The molecule has 0 radical (unpaired) electrons. The van der Waals surface area contributed by atoms with Crippen molar-refractivity contribution >= 4 is 5.78 Å². The summed E-state index contributed by atoms with van der Waals surface area (Å²) in [7, 11) is 0. The lowest BCUT2D eigenvalue weighted by Crippen LogP contribution is -2.02. The highest BCUT2D eigenvalue weighted by atomic mass is 16.1. The summed E-state index contributed by atoms with van der Waals surface area (Å²) in [6, 6.07) is 0. The molecule has 0 amide bonds. The summed E-state index contributed by atoms with van der Waals surface area (Å²) in [5, 5.41) is 0. The van der Waals surface area contributed by atoms with Crippen LogP contribution in [0.15, 0.2) is 0 Å². The summed E-state index contributed by atoms with van der Waals surface area (Å²) in [4.78, 5) is 11.1. The van der Waals surface area contributed by atoms with E-state index in [0.29, 0.717) is 17.6 Å². The molecule has 0 aliphatic heterocycles. The van der Waals surface area contributed by atoms with Gasteiger partial charge in [-0.15, -0.1) is 0 Å². The van der Waals surface area contributed by atoms with Crippen molar-refractivity contribution in [1.82, 2.24) is 0 Å². The molecule has 1 saturated carbocycles. The van der Waals surface area contributed by atoms with Crippen molar-refractivity contribution in [1.29, 1.82) is 0 Å². The summed E-state index contributed by atoms with van der Waals surface area (Å²) in [5.41, 5.74) is 0. The number of carbonyl (C=O) groups excluding carboxylic acids is 1.